The number of hydrogen-bond donors (Lipinski definition) is 1. The highest BCUT2D eigenvalue weighted by molar-refractivity contribution is 5.21. The summed E-state index contributed by atoms with van der Waals surface area (Å²) in [6.45, 7) is 9.30. The van der Waals surface area contributed by atoms with Crippen molar-refractivity contribution in [2.24, 2.45) is 5.41 Å². The average Bonchev–Trinajstić information content (AvgIpc) is 2.45. The van der Waals surface area contributed by atoms with Crippen molar-refractivity contribution in [1.82, 2.24) is 5.32 Å². The Morgan fingerprint density at radius 2 is 2.10 bits per heavy atom. The van der Waals surface area contributed by atoms with Crippen molar-refractivity contribution in [3.05, 3.63) is 35.6 Å². The van der Waals surface area contributed by atoms with E-state index >= 15 is 0 Å². The van der Waals surface area contributed by atoms with Gasteiger partial charge in [0.05, 0.1) is 6.10 Å². The summed E-state index contributed by atoms with van der Waals surface area (Å²) in [4.78, 5) is 0. The Hall–Kier alpha value is -0.930. The van der Waals surface area contributed by atoms with Crippen molar-refractivity contribution in [3.63, 3.8) is 0 Å². The second kappa shape index (κ2) is 6.23. The Morgan fingerprint density at radius 3 is 2.70 bits per heavy atom. The molecule has 20 heavy (non-hydrogen) atoms. The molecule has 0 aromatic heterocycles. The summed E-state index contributed by atoms with van der Waals surface area (Å²) in [5.41, 5.74) is 0.890. The first kappa shape index (κ1) is 15.5. The molecule has 112 valence electrons. The summed E-state index contributed by atoms with van der Waals surface area (Å²) in [6, 6.07) is 7.41. The van der Waals surface area contributed by atoms with Gasteiger partial charge in [-0.2, -0.15) is 0 Å². The molecule has 3 heteroatoms. The van der Waals surface area contributed by atoms with Crippen LogP contribution in [0.4, 0.5) is 4.39 Å². The highest BCUT2D eigenvalue weighted by Crippen LogP contribution is 2.46. The highest BCUT2D eigenvalue weighted by Gasteiger charge is 2.51. The second-order valence-corrected chi connectivity index (χ2v) is 6.00. The van der Waals surface area contributed by atoms with Crippen LogP contribution in [0.15, 0.2) is 24.3 Å². The molecule has 4 unspecified atom stereocenters. The smallest absolute Gasteiger partial charge is 0.127 e. The molecule has 1 aliphatic carbocycles. The van der Waals surface area contributed by atoms with E-state index in [1.807, 2.05) is 26.0 Å². The van der Waals surface area contributed by atoms with Crippen LogP contribution in [0, 0.1) is 11.2 Å². The molecule has 1 N–H and O–H groups in total. The zero-order valence-corrected chi connectivity index (χ0v) is 12.9. The van der Waals surface area contributed by atoms with Crippen LogP contribution < -0.4 is 5.32 Å². The number of halogens is 1. The molecular weight excluding hydrogens is 253 g/mol. The molecule has 0 spiro atoms. The predicted molar refractivity (Wildman–Crippen MR) is 80.2 cm³/mol. The highest BCUT2D eigenvalue weighted by atomic mass is 19.1. The lowest BCUT2D eigenvalue weighted by Gasteiger charge is -2.54. The van der Waals surface area contributed by atoms with Gasteiger partial charge >= 0.3 is 0 Å². The maximum absolute atomic E-state index is 13.8. The molecule has 2 rings (SSSR count). The molecule has 0 aliphatic heterocycles. The van der Waals surface area contributed by atoms with Crippen LogP contribution in [0.1, 0.15) is 52.1 Å². The zero-order chi connectivity index (χ0) is 14.8. The van der Waals surface area contributed by atoms with E-state index in [4.69, 9.17) is 4.74 Å². The van der Waals surface area contributed by atoms with Gasteiger partial charge in [-0.15, -0.1) is 0 Å². The third-order valence-electron chi connectivity index (χ3n) is 4.93. The molecule has 0 heterocycles. The molecule has 0 amide bonds. The van der Waals surface area contributed by atoms with Crippen LogP contribution in [0.2, 0.25) is 0 Å². The molecule has 1 saturated carbocycles. The number of ether oxygens (including phenoxy) is 1. The summed E-state index contributed by atoms with van der Waals surface area (Å²) in [7, 11) is 0. The van der Waals surface area contributed by atoms with E-state index in [9.17, 15) is 4.39 Å². The Bertz CT molecular complexity index is 450. The quantitative estimate of drug-likeness (QED) is 0.847. The fourth-order valence-corrected chi connectivity index (χ4v) is 3.23. The first-order valence-corrected chi connectivity index (χ1v) is 7.65. The minimum atomic E-state index is -0.133. The fraction of sp³-hybridized carbons (Fsp3) is 0.647. The third-order valence-corrected chi connectivity index (χ3v) is 4.93. The van der Waals surface area contributed by atoms with Crippen LogP contribution in [-0.2, 0) is 4.74 Å². The van der Waals surface area contributed by atoms with E-state index < -0.39 is 0 Å². The fourth-order valence-electron chi connectivity index (χ4n) is 3.23. The molecule has 0 saturated heterocycles. The van der Waals surface area contributed by atoms with E-state index in [0.717, 1.165) is 25.0 Å². The van der Waals surface area contributed by atoms with E-state index in [1.165, 1.54) is 6.07 Å². The lowest BCUT2D eigenvalue weighted by atomic mass is 9.61. The minimum Gasteiger partial charge on any atom is -0.378 e. The SMILES string of the molecule is CCOC1CC(NC(C)c2ccccc2F)C1(C)CC. The van der Waals surface area contributed by atoms with Gasteiger partial charge in [0.25, 0.3) is 0 Å². The molecule has 4 atom stereocenters. The number of nitrogens with one attached hydrogen (secondary N) is 1. The molecule has 0 radical (unpaired) electrons. The van der Waals surface area contributed by atoms with Gasteiger partial charge in [-0.25, -0.2) is 4.39 Å². The van der Waals surface area contributed by atoms with Gasteiger partial charge in [-0.3, -0.25) is 0 Å². The lowest BCUT2D eigenvalue weighted by molar-refractivity contribution is -0.127. The monoisotopic (exact) mass is 279 g/mol. The van der Waals surface area contributed by atoms with Gasteiger partial charge in [-0.1, -0.05) is 32.0 Å². The summed E-state index contributed by atoms with van der Waals surface area (Å²) in [6.07, 6.45) is 2.40. The zero-order valence-electron chi connectivity index (χ0n) is 12.9. The van der Waals surface area contributed by atoms with Crippen molar-refractivity contribution in [2.45, 2.75) is 58.7 Å². The van der Waals surface area contributed by atoms with Gasteiger partial charge < -0.3 is 10.1 Å². The maximum atomic E-state index is 13.8. The first-order valence-electron chi connectivity index (χ1n) is 7.65. The van der Waals surface area contributed by atoms with Crippen molar-refractivity contribution in [1.29, 1.82) is 0 Å². The number of hydrogen-bond acceptors (Lipinski definition) is 2. The number of benzene rings is 1. The van der Waals surface area contributed by atoms with Crippen LogP contribution in [0.5, 0.6) is 0 Å². The summed E-state index contributed by atoms with van der Waals surface area (Å²) in [5.74, 6) is -0.133. The maximum Gasteiger partial charge on any atom is 0.127 e. The molecular formula is C17H26FNO. The van der Waals surface area contributed by atoms with Crippen LogP contribution >= 0.6 is 0 Å². The molecule has 1 aromatic carbocycles. The molecule has 1 aliphatic rings. The Labute approximate surface area is 121 Å². The summed E-state index contributed by atoms with van der Waals surface area (Å²) >= 11 is 0. The first-order chi connectivity index (χ1) is 9.52. The Morgan fingerprint density at radius 1 is 1.40 bits per heavy atom. The standard InChI is InChI=1S/C17H26FNO/c1-5-17(4)15(11-16(17)20-6-2)19-12(3)13-9-7-8-10-14(13)18/h7-10,12,15-16,19H,5-6,11H2,1-4H3. The lowest BCUT2D eigenvalue weighted by Crippen LogP contribution is -2.62. The minimum absolute atomic E-state index is 0.0228. The van der Waals surface area contributed by atoms with Crippen molar-refractivity contribution in [3.8, 4) is 0 Å². The van der Waals surface area contributed by atoms with Crippen LogP contribution in [-0.4, -0.2) is 18.8 Å². The Kier molecular flexibility index (Phi) is 4.82. The van der Waals surface area contributed by atoms with E-state index in [0.29, 0.717) is 12.1 Å². The molecule has 1 fully saturated rings. The van der Waals surface area contributed by atoms with Gasteiger partial charge in [0.15, 0.2) is 0 Å². The molecule has 1 aromatic rings. The van der Waals surface area contributed by atoms with Crippen LogP contribution in [0.3, 0.4) is 0 Å². The van der Waals surface area contributed by atoms with Gasteiger partial charge in [0.1, 0.15) is 5.82 Å². The van der Waals surface area contributed by atoms with E-state index in [1.54, 1.807) is 6.07 Å². The Balaban J connectivity index is 2.02. The van der Waals surface area contributed by atoms with Gasteiger partial charge in [0, 0.05) is 29.7 Å². The van der Waals surface area contributed by atoms with E-state index in [2.05, 4.69) is 19.2 Å². The van der Waals surface area contributed by atoms with Gasteiger partial charge in [-0.05, 0) is 32.8 Å². The summed E-state index contributed by atoms with van der Waals surface area (Å²) < 4.78 is 19.6. The third kappa shape index (κ3) is 2.75. The topological polar surface area (TPSA) is 21.3 Å². The van der Waals surface area contributed by atoms with Crippen LogP contribution in [0.25, 0.3) is 0 Å². The molecule has 2 nitrogen and oxygen atoms in total. The summed E-state index contributed by atoms with van der Waals surface area (Å²) in [5, 5.41) is 3.58. The largest absolute Gasteiger partial charge is 0.378 e. The number of rotatable bonds is 6. The predicted octanol–water partition coefficient (Wildman–Crippen LogP) is 4.07. The van der Waals surface area contributed by atoms with Crippen molar-refractivity contribution in [2.75, 3.05) is 6.61 Å². The van der Waals surface area contributed by atoms with Crippen molar-refractivity contribution >= 4 is 0 Å². The van der Waals surface area contributed by atoms with E-state index in [-0.39, 0.29) is 17.3 Å². The normalized spacial score (nSPS) is 30.9. The van der Waals surface area contributed by atoms with Crippen molar-refractivity contribution < 1.29 is 9.13 Å². The molecule has 0 bridgehead atoms. The van der Waals surface area contributed by atoms with Gasteiger partial charge in [0.2, 0.25) is 0 Å². The average molecular weight is 279 g/mol. The second-order valence-electron chi connectivity index (χ2n) is 6.00.